The molecule has 0 bridgehead atoms. The van der Waals surface area contributed by atoms with Crippen molar-refractivity contribution in [1.82, 2.24) is 10.2 Å². The van der Waals surface area contributed by atoms with Crippen LogP contribution in [0.4, 0.5) is 5.69 Å². The van der Waals surface area contributed by atoms with Gasteiger partial charge in [-0.05, 0) is 60.4 Å². The summed E-state index contributed by atoms with van der Waals surface area (Å²) in [5.41, 5.74) is 0.834. The summed E-state index contributed by atoms with van der Waals surface area (Å²) in [5, 5.41) is 6.42. The molecule has 0 aromatic heterocycles. The molecule has 0 spiro atoms. The second-order valence-electron chi connectivity index (χ2n) is 5.50. The van der Waals surface area contributed by atoms with E-state index in [1.54, 1.807) is 0 Å². The molecule has 1 atom stereocenters. The molecule has 1 fully saturated rings. The zero-order valence-corrected chi connectivity index (χ0v) is 14.2. The lowest BCUT2D eigenvalue weighted by Crippen LogP contribution is -2.48. The van der Waals surface area contributed by atoms with E-state index in [-0.39, 0.29) is 5.91 Å². The Labute approximate surface area is 135 Å². The summed E-state index contributed by atoms with van der Waals surface area (Å²) < 4.78 is 0.916. The first kappa shape index (κ1) is 16.5. The lowest BCUT2D eigenvalue weighted by Gasteiger charge is -2.34. The van der Waals surface area contributed by atoms with Crippen LogP contribution in [0.15, 0.2) is 28.7 Å². The fourth-order valence-corrected chi connectivity index (χ4v) is 3.14. The maximum absolute atomic E-state index is 12.3. The second-order valence-corrected chi connectivity index (χ2v) is 6.35. The summed E-state index contributed by atoms with van der Waals surface area (Å²) in [7, 11) is 0. The number of carbonyl (C=O) groups is 1. The van der Waals surface area contributed by atoms with Crippen LogP contribution in [0.3, 0.4) is 0 Å². The van der Waals surface area contributed by atoms with Gasteiger partial charge in [0.05, 0.1) is 12.2 Å². The molecule has 0 radical (unpaired) electrons. The van der Waals surface area contributed by atoms with Crippen LogP contribution in [0.5, 0.6) is 0 Å². The Bertz CT molecular complexity index is 461. The predicted octanol–water partition coefficient (Wildman–Crippen LogP) is 2.85. The van der Waals surface area contributed by atoms with Crippen molar-refractivity contribution in [2.45, 2.75) is 32.2 Å². The van der Waals surface area contributed by atoms with E-state index in [9.17, 15) is 4.79 Å². The van der Waals surface area contributed by atoms with Gasteiger partial charge < -0.3 is 10.6 Å². The van der Waals surface area contributed by atoms with Gasteiger partial charge >= 0.3 is 0 Å². The molecular formula is C16H24BrN3O. The van der Waals surface area contributed by atoms with Gasteiger partial charge in [-0.2, -0.15) is 0 Å². The Balaban J connectivity index is 1.93. The number of amides is 1. The molecule has 1 aromatic carbocycles. The molecule has 1 aliphatic rings. The molecule has 1 aromatic rings. The number of hydrogen-bond acceptors (Lipinski definition) is 3. The van der Waals surface area contributed by atoms with E-state index < -0.39 is 0 Å². The zero-order valence-electron chi connectivity index (χ0n) is 12.6. The number of nitrogens with one attached hydrogen (secondary N) is 2. The third kappa shape index (κ3) is 5.09. The average molecular weight is 354 g/mol. The van der Waals surface area contributed by atoms with E-state index in [2.05, 4.69) is 38.4 Å². The van der Waals surface area contributed by atoms with Gasteiger partial charge in [-0.25, -0.2) is 0 Å². The number of halogens is 1. The van der Waals surface area contributed by atoms with Gasteiger partial charge in [-0.15, -0.1) is 0 Å². The first-order chi connectivity index (χ1) is 10.2. The van der Waals surface area contributed by atoms with Gasteiger partial charge in [0.15, 0.2) is 0 Å². The van der Waals surface area contributed by atoms with Gasteiger partial charge in [0, 0.05) is 17.1 Å². The maximum Gasteiger partial charge on any atom is 0.238 e. The molecule has 1 aliphatic heterocycles. The van der Waals surface area contributed by atoms with E-state index in [0.29, 0.717) is 12.6 Å². The number of para-hydroxylation sites is 1. The molecule has 5 heteroatoms. The van der Waals surface area contributed by atoms with Crippen molar-refractivity contribution in [3.63, 3.8) is 0 Å². The topological polar surface area (TPSA) is 44.4 Å². The Morgan fingerprint density at radius 1 is 1.48 bits per heavy atom. The van der Waals surface area contributed by atoms with E-state index >= 15 is 0 Å². The molecule has 0 saturated carbocycles. The van der Waals surface area contributed by atoms with Crippen molar-refractivity contribution >= 4 is 27.5 Å². The molecule has 1 amide bonds. The normalized spacial score (nSPS) is 18.7. The Hall–Kier alpha value is -0.910. The molecule has 1 unspecified atom stereocenters. The monoisotopic (exact) mass is 353 g/mol. The molecule has 4 nitrogen and oxygen atoms in total. The molecule has 2 N–H and O–H groups in total. The van der Waals surface area contributed by atoms with Crippen molar-refractivity contribution in [2.24, 2.45) is 0 Å². The second kappa shape index (κ2) is 8.51. The van der Waals surface area contributed by atoms with Crippen LogP contribution in [0.25, 0.3) is 0 Å². The molecule has 21 heavy (non-hydrogen) atoms. The highest BCUT2D eigenvalue weighted by molar-refractivity contribution is 9.10. The molecular weight excluding hydrogens is 330 g/mol. The molecule has 0 aliphatic carbocycles. The summed E-state index contributed by atoms with van der Waals surface area (Å²) >= 11 is 3.46. The van der Waals surface area contributed by atoms with Crippen molar-refractivity contribution in [3.05, 3.63) is 28.7 Å². The molecule has 1 heterocycles. The lowest BCUT2D eigenvalue weighted by molar-refractivity contribution is -0.118. The molecule has 1 saturated heterocycles. The van der Waals surface area contributed by atoms with Gasteiger partial charge in [-0.1, -0.05) is 19.1 Å². The number of anilines is 1. The summed E-state index contributed by atoms with van der Waals surface area (Å²) in [5.74, 6) is 0.0564. The SMILES string of the molecule is CCCN(CC(=O)Nc1ccccc1Br)C1CCCNC1. The fourth-order valence-electron chi connectivity index (χ4n) is 2.76. The average Bonchev–Trinajstić information content (AvgIpc) is 2.50. The Morgan fingerprint density at radius 2 is 2.29 bits per heavy atom. The van der Waals surface area contributed by atoms with Gasteiger partial charge in [0.2, 0.25) is 5.91 Å². The van der Waals surface area contributed by atoms with Crippen LogP contribution in [0.1, 0.15) is 26.2 Å². The third-order valence-electron chi connectivity index (χ3n) is 3.79. The van der Waals surface area contributed by atoms with Crippen LogP contribution in [0, 0.1) is 0 Å². The predicted molar refractivity (Wildman–Crippen MR) is 90.5 cm³/mol. The van der Waals surface area contributed by atoms with Crippen LogP contribution >= 0.6 is 15.9 Å². The standard InChI is InChI=1S/C16H24BrN3O/c1-2-10-20(13-6-5-9-18-11-13)12-16(21)19-15-8-4-3-7-14(15)17/h3-4,7-8,13,18H,2,5-6,9-12H2,1H3,(H,19,21). The van der Waals surface area contributed by atoms with Crippen LogP contribution in [0.2, 0.25) is 0 Å². The summed E-state index contributed by atoms with van der Waals surface area (Å²) in [6.07, 6.45) is 3.44. The van der Waals surface area contributed by atoms with Crippen LogP contribution in [-0.4, -0.2) is 43.0 Å². The van der Waals surface area contributed by atoms with Gasteiger partial charge in [0.1, 0.15) is 0 Å². The van der Waals surface area contributed by atoms with E-state index in [0.717, 1.165) is 36.2 Å². The van der Waals surface area contributed by atoms with Crippen LogP contribution in [-0.2, 0) is 4.79 Å². The summed E-state index contributed by atoms with van der Waals surface area (Å²) in [6.45, 7) is 5.67. The summed E-state index contributed by atoms with van der Waals surface area (Å²) in [4.78, 5) is 14.6. The first-order valence-corrected chi connectivity index (χ1v) is 8.49. The molecule has 116 valence electrons. The van der Waals surface area contributed by atoms with Gasteiger partial charge in [0.25, 0.3) is 0 Å². The smallest absolute Gasteiger partial charge is 0.238 e. The minimum absolute atomic E-state index is 0.0564. The number of hydrogen-bond donors (Lipinski definition) is 2. The fraction of sp³-hybridized carbons (Fsp3) is 0.562. The quantitative estimate of drug-likeness (QED) is 0.826. The first-order valence-electron chi connectivity index (χ1n) is 7.70. The number of nitrogens with zero attached hydrogens (tertiary/aromatic N) is 1. The minimum atomic E-state index is 0.0564. The highest BCUT2D eigenvalue weighted by atomic mass is 79.9. The van der Waals surface area contributed by atoms with Crippen molar-refractivity contribution in [2.75, 3.05) is 31.5 Å². The lowest BCUT2D eigenvalue weighted by atomic mass is 10.1. The number of piperidine rings is 1. The summed E-state index contributed by atoms with van der Waals surface area (Å²) in [6, 6.07) is 8.19. The van der Waals surface area contributed by atoms with Crippen molar-refractivity contribution < 1.29 is 4.79 Å². The number of benzene rings is 1. The number of rotatable bonds is 6. The van der Waals surface area contributed by atoms with Gasteiger partial charge in [-0.3, -0.25) is 9.69 Å². The van der Waals surface area contributed by atoms with E-state index in [1.807, 2.05) is 24.3 Å². The highest BCUT2D eigenvalue weighted by Crippen LogP contribution is 2.21. The molecule has 2 rings (SSSR count). The van der Waals surface area contributed by atoms with E-state index in [4.69, 9.17) is 0 Å². The highest BCUT2D eigenvalue weighted by Gasteiger charge is 2.22. The van der Waals surface area contributed by atoms with Crippen molar-refractivity contribution in [3.8, 4) is 0 Å². The zero-order chi connectivity index (χ0) is 15.1. The largest absolute Gasteiger partial charge is 0.324 e. The Morgan fingerprint density at radius 3 is 2.95 bits per heavy atom. The third-order valence-corrected chi connectivity index (χ3v) is 4.48. The van der Waals surface area contributed by atoms with Crippen LogP contribution < -0.4 is 10.6 Å². The Kier molecular flexibility index (Phi) is 6.67. The minimum Gasteiger partial charge on any atom is -0.324 e. The van der Waals surface area contributed by atoms with Crippen molar-refractivity contribution in [1.29, 1.82) is 0 Å². The van der Waals surface area contributed by atoms with E-state index in [1.165, 1.54) is 12.8 Å². The number of carbonyl (C=O) groups excluding carboxylic acids is 1. The maximum atomic E-state index is 12.3.